The molecule has 9 rings (SSSR count). The summed E-state index contributed by atoms with van der Waals surface area (Å²) >= 11 is 0. The van der Waals surface area contributed by atoms with Crippen molar-refractivity contribution in [1.29, 1.82) is 0 Å². The number of nitrogens with zero attached hydrogens (tertiary/aromatic N) is 6. The maximum absolute atomic E-state index is 5.00. The molecule has 0 aliphatic heterocycles. The largest absolute Gasteiger partial charge is 0.291 e. The van der Waals surface area contributed by atoms with E-state index in [0.717, 1.165) is 67.2 Å². The van der Waals surface area contributed by atoms with Gasteiger partial charge in [0.2, 0.25) is 0 Å². The summed E-state index contributed by atoms with van der Waals surface area (Å²) in [6.07, 6.45) is 1.80. The molecule has 0 unspecified atom stereocenters. The van der Waals surface area contributed by atoms with Crippen LogP contribution in [0.4, 0.5) is 0 Å². The van der Waals surface area contributed by atoms with Crippen molar-refractivity contribution >= 4 is 11.0 Å². The van der Waals surface area contributed by atoms with Crippen LogP contribution < -0.4 is 0 Å². The van der Waals surface area contributed by atoms with Crippen LogP contribution in [0.1, 0.15) is 0 Å². The minimum absolute atomic E-state index is 0.625. The van der Waals surface area contributed by atoms with Gasteiger partial charge in [0.1, 0.15) is 5.69 Å². The first kappa shape index (κ1) is 30.0. The highest BCUT2D eigenvalue weighted by molar-refractivity contribution is 5.83. The zero-order valence-electron chi connectivity index (χ0n) is 27.5. The zero-order chi connectivity index (χ0) is 34.0. The van der Waals surface area contributed by atoms with E-state index in [4.69, 9.17) is 19.9 Å². The van der Waals surface area contributed by atoms with Crippen molar-refractivity contribution in [3.05, 3.63) is 182 Å². The molecule has 0 saturated carbocycles. The van der Waals surface area contributed by atoms with Crippen molar-refractivity contribution in [2.24, 2.45) is 0 Å². The fraction of sp³-hybridized carbons (Fsp3) is 0. The Morgan fingerprint density at radius 3 is 1.55 bits per heavy atom. The lowest BCUT2D eigenvalue weighted by Gasteiger charge is -2.11. The van der Waals surface area contributed by atoms with Crippen LogP contribution in [-0.4, -0.2) is 29.5 Å². The fourth-order valence-electron chi connectivity index (χ4n) is 6.39. The van der Waals surface area contributed by atoms with Gasteiger partial charge < -0.3 is 0 Å². The molecule has 240 valence electrons. The highest BCUT2D eigenvalue weighted by Gasteiger charge is 2.16. The smallest absolute Gasteiger partial charge is 0.164 e. The van der Waals surface area contributed by atoms with Gasteiger partial charge in [0.15, 0.2) is 23.3 Å². The molecule has 51 heavy (non-hydrogen) atoms. The summed E-state index contributed by atoms with van der Waals surface area (Å²) < 4.78 is 2.17. The van der Waals surface area contributed by atoms with Crippen molar-refractivity contribution in [1.82, 2.24) is 29.5 Å². The fourth-order valence-corrected chi connectivity index (χ4v) is 6.39. The molecule has 0 aliphatic carbocycles. The van der Waals surface area contributed by atoms with Crippen LogP contribution in [0, 0.1) is 0 Å². The summed E-state index contributed by atoms with van der Waals surface area (Å²) in [5, 5.41) is 0. The van der Waals surface area contributed by atoms with Crippen molar-refractivity contribution in [2.45, 2.75) is 0 Å². The molecule has 0 atom stereocenters. The molecule has 0 saturated heterocycles. The Morgan fingerprint density at radius 1 is 0.353 bits per heavy atom. The minimum Gasteiger partial charge on any atom is -0.291 e. The van der Waals surface area contributed by atoms with Crippen molar-refractivity contribution in [2.75, 3.05) is 0 Å². The van der Waals surface area contributed by atoms with Gasteiger partial charge in [-0.3, -0.25) is 9.55 Å². The van der Waals surface area contributed by atoms with Crippen LogP contribution in [0.15, 0.2) is 182 Å². The lowest BCUT2D eigenvalue weighted by molar-refractivity contribution is 1.07. The van der Waals surface area contributed by atoms with E-state index in [1.54, 1.807) is 6.20 Å². The van der Waals surface area contributed by atoms with Gasteiger partial charge in [-0.15, -0.1) is 0 Å². The van der Waals surface area contributed by atoms with Crippen LogP contribution in [0.3, 0.4) is 0 Å². The Hall–Kier alpha value is -7.05. The summed E-state index contributed by atoms with van der Waals surface area (Å²) in [5.41, 5.74) is 11.1. The van der Waals surface area contributed by atoms with E-state index >= 15 is 0 Å². The third-order valence-corrected chi connectivity index (χ3v) is 8.95. The Bertz CT molecular complexity index is 2600. The number of para-hydroxylation sites is 2. The predicted molar refractivity (Wildman–Crippen MR) is 205 cm³/mol. The normalized spacial score (nSPS) is 11.1. The van der Waals surface area contributed by atoms with Crippen LogP contribution in [0.25, 0.3) is 84.7 Å². The third-order valence-electron chi connectivity index (χ3n) is 8.95. The second kappa shape index (κ2) is 13.1. The molecule has 6 nitrogen and oxygen atoms in total. The molecule has 3 heterocycles. The Labute approximate surface area is 295 Å². The maximum Gasteiger partial charge on any atom is 0.164 e. The van der Waals surface area contributed by atoms with Crippen LogP contribution in [-0.2, 0) is 0 Å². The molecular formula is C45H30N6. The lowest BCUT2D eigenvalue weighted by atomic mass is 10.0. The van der Waals surface area contributed by atoms with Gasteiger partial charge in [-0.1, -0.05) is 133 Å². The van der Waals surface area contributed by atoms with E-state index in [-0.39, 0.29) is 0 Å². The molecule has 9 aromatic rings. The van der Waals surface area contributed by atoms with E-state index in [1.165, 1.54) is 0 Å². The van der Waals surface area contributed by atoms with E-state index in [0.29, 0.717) is 17.5 Å². The molecule has 0 bridgehead atoms. The lowest BCUT2D eigenvalue weighted by Crippen LogP contribution is -2.00. The summed E-state index contributed by atoms with van der Waals surface area (Å²) in [5.74, 6) is 2.71. The summed E-state index contributed by atoms with van der Waals surface area (Å²) in [6.45, 7) is 0. The molecule has 0 N–H and O–H groups in total. The predicted octanol–water partition coefficient (Wildman–Crippen LogP) is 10.6. The SMILES string of the molecule is c1ccc(-c2cccc(-c3nc(-c4ccccc4)nc(-c4ccc(-c5ccc(-n6c(-c7ccccn7)nc7ccccc76)cc5)cc4)n3)c2)cc1. The van der Waals surface area contributed by atoms with E-state index in [1.807, 2.05) is 72.8 Å². The Morgan fingerprint density at radius 2 is 0.863 bits per heavy atom. The standard InChI is InChI=1S/C45H30N6/c1-3-12-31(13-4-1)36-16-11-17-37(30-36)44-49-42(34-14-5-2-6-15-34)48-43(50-44)35-23-21-32(22-24-35)33-25-27-38(28-26-33)51-41-20-8-7-18-39(41)47-45(51)40-19-9-10-29-46-40/h1-30H. The molecular weight excluding hydrogens is 625 g/mol. The number of fused-ring (bicyclic) bond motifs is 1. The van der Waals surface area contributed by atoms with Gasteiger partial charge >= 0.3 is 0 Å². The van der Waals surface area contributed by atoms with Gasteiger partial charge in [-0.25, -0.2) is 19.9 Å². The quantitative estimate of drug-likeness (QED) is 0.171. The number of hydrogen-bond acceptors (Lipinski definition) is 5. The zero-order valence-corrected chi connectivity index (χ0v) is 27.5. The molecule has 3 aromatic heterocycles. The number of benzene rings is 6. The van der Waals surface area contributed by atoms with Crippen LogP contribution in [0.2, 0.25) is 0 Å². The molecule has 0 radical (unpaired) electrons. The first-order valence-corrected chi connectivity index (χ1v) is 16.8. The van der Waals surface area contributed by atoms with Crippen LogP contribution in [0.5, 0.6) is 0 Å². The number of pyridine rings is 1. The maximum atomic E-state index is 5.00. The topological polar surface area (TPSA) is 69.4 Å². The Balaban J connectivity index is 1.06. The second-order valence-corrected chi connectivity index (χ2v) is 12.2. The summed E-state index contributed by atoms with van der Waals surface area (Å²) in [7, 11) is 0. The molecule has 0 amide bonds. The van der Waals surface area contributed by atoms with Crippen molar-refractivity contribution in [3.8, 4) is 73.6 Å². The monoisotopic (exact) mass is 654 g/mol. The third kappa shape index (κ3) is 5.96. The highest BCUT2D eigenvalue weighted by Crippen LogP contribution is 2.31. The highest BCUT2D eigenvalue weighted by atomic mass is 15.1. The van der Waals surface area contributed by atoms with E-state index < -0.39 is 0 Å². The van der Waals surface area contributed by atoms with E-state index in [9.17, 15) is 0 Å². The van der Waals surface area contributed by atoms with Crippen LogP contribution >= 0.6 is 0 Å². The molecule has 0 spiro atoms. The van der Waals surface area contributed by atoms with Gasteiger partial charge in [0, 0.05) is 28.6 Å². The second-order valence-electron chi connectivity index (χ2n) is 12.2. The van der Waals surface area contributed by atoms with Gasteiger partial charge in [-0.05, 0) is 64.7 Å². The first-order valence-electron chi connectivity index (χ1n) is 16.8. The minimum atomic E-state index is 0.625. The van der Waals surface area contributed by atoms with E-state index in [2.05, 4.69) is 113 Å². The number of imidazole rings is 1. The molecule has 6 heteroatoms. The average Bonchev–Trinajstić information content (AvgIpc) is 3.62. The summed E-state index contributed by atoms with van der Waals surface area (Å²) in [6, 6.07) is 59.8. The number of hydrogen-bond donors (Lipinski definition) is 0. The average molecular weight is 655 g/mol. The van der Waals surface area contributed by atoms with Gasteiger partial charge in [-0.2, -0.15) is 0 Å². The van der Waals surface area contributed by atoms with Gasteiger partial charge in [0.05, 0.1) is 11.0 Å². The molecule has 0 fully saturated rings. The Kier molecular flexibility index (Phi) is 7.72. The number of aromatic nitrogens is 6. The van der Waals surface area contributed by atoms with Gasteiger partial charge in [0.25, 0.3) is 0 Å². The summed E-state index contributed by atoms with van der Waals surface area (Å²) in [4.78, 5) is 24.4. The first-order chi connectivity index (χ1) is 25.3. The van der Waals surface area contributed by atoms with Crippen molar-refractivity contribution < 1.29 is 0 Å². The van der Waals surface area contributed by atoms with Crippen molar-refractivity contribution in [3.63, 3.8) is 0 Å². The molecule has 0 aliphatic rings. The molecule has 6 aromatic carbocycles. The number of rotatable bonds is 7.